The summed E-state index contributed by atoms with van der Waals surface area (Å²) in [6.45, 7) is 0. The van der Waals surface area contributed by atoms with E-state index >= 15 is 0 Å². The van der Waals surface area contributed by atoms with Crippen molar-refractivity contribution in [3.63, 3.8) is 0 Å². The summed E-state index contributed by atoms with van der Waals surface area (Å²) in [5, 5.41) is 5.32. The van der Waals surface area contributed by atoms with E-state index in [1.54, 1.807) is 0 Å². The van der Waals surface area contributed by atoms with Gasteiger partial charge in [-0.15, -0.1) is 0 Å². The summed E-state index contributed by atoms with van der Waals surface area (Å²) in [5.41, 5.74) is 0.912. The molecule has 1 aliphatic rings. The maximum atomic E-state index is 12.3. The van der Waals surface area contributed by atoms with Crippen molar-refractivity contribution < 1.29 is 4.79 Å². The minimum absolute atomic E-state index is 0.148. The molecule has 0 heterocycles. The van der Waals surface area contributed by atoms with Gasteiger partial charge >= 0.3 is 0 Å². The number of carbonyl (C=O) groups excluding carboxylic acids is 1. The molecule has 1 saturated carbocycles. The van der Waals surface area contributed by atoms with Gasteiger partial charge in [0.1, 0.15) is 0 Å². The first-order chi connectivity index (χ1) is 10.2. The molecule has 0 atom stereocenters. The van der Waals surface area contributed by atoms with E-state index in [9.17, 15) is 4.79 Å². The quantitative estimate of drug-likeness (QED) is 0.780. The predicted octanol–water partition coefficient (Wildman–Crippen LogP) is 5.51. The van der Waals surface area contributed by atoms with E-state index in [1.807, 2.05) is 24.3 Å². The highest BCUT2D eigenvalue weighted by molar-refractivity contribution is 9.10. The van der Waals surface area contributed by atoms with Crippen molar-refractivity contribution in [1.29, 1.82) is 0 Å². The Kier molecular flexibility index (Phi) is 4.59. The number of nitrogens with one attached hydrogen (secondary N) is 1. The van der Waals surface area contributed by atoms with Gasteiger partial charge in [0, 0.05) is 22.0 Å². The molecular formula is C18H20BrNO. The van der Waals surface area contributed by atoms with Crippen LogP contribution in [-0.2, 0) is 4.79 Å². The number of hydrogen-bond acceptors (Lipinski definition) is 1. The van der Waals surface area contributed by atoms with E-state index in [2.05, 4.69) is 33.4 Å². The zero-order valence-corrected chi connectivity index (χ0v) is 13.7. The molecule has 3 rings (SSSR count). The van der Waals surface area contributed by atoms with Gasteiger partial charge in [-0.2, -0.15) is 0 Å². The Balaban J connectivity index is 1.75. The SMILES string of the molecule is O=C(CC1CCCCC1)Nc1ccc(Br)c2ccccc12. The van der Waals surface area contributed by atoms with Gasteiger partial charge < -0.3 is 5.32 Å². The van der Waals surface area contributed by atoms with Gasteiger partial charge in [-0.1, -0.05) is 59.5 Å². The number of anilines is 1. The average molecular weight is 346 g/mol. The van der Waals surface area contributed by atoms with Crippen LogP contribution in [0.2, 0.25) is 0 Å². The predicted molar refractivity (Wildman–Crippen MR) is 91.5 cm³/mol. The van der Waals surface area contributed by atoms with Crippen LogP contribution in [0.5, 0.6) is 0 Å². The smallest absolute Gasteiger partial charge is 0.224 e. The van der Waals surface area contributed by atoms with Crippen molar-refractivity contribution in [1.82, 2.24) is 0 Å². The average Bonchev–Trinajstić information content (AvgIpc) is 2.51. The van der Waals surface area contributed by atoms with Crippen molar-refractivity contribution in [2.24, 2.45) is 5.92 Å². The second-order valence-electron chi connectivity index (χ2n) is 5.90. The van der Waals surface area contributed by atoms with Gasteiger partial charge in [0.25, 0.3) is 0 Å². The molecule has 0 aromatic heterocycles. The maximum Gasteiger partial charge on any atom is 0.224 e. The number of carbonyl (C=O) groups is 1. The summed E-state index contributed by atoms with van der Waals surface area (Å²) >= 11 is 3.56. The van der Waals surface area contributed by atoms with Crippen molar-refractivity contribution >= 4 is 38.3 Å². The van der Waals surface area contributed by atoms with Gasteiger partial charge in [0.2, 0.25) is 5.91 Å². The van der Waals surface area contributed by atoms with E-state index in [4.69, 9.17) is 0 Å². The van der Waals surface area contributed by atoms with Crippen LogP contribution in [0.15, 0.2) is 40.9 Å². The Morgan fingerprint density at radius 1 is 1.05 bits per heavy atom. The van der Waals surface area contributed by atoms with Gasteiger partial charge in [-0.25, -0.2) is 0 Å². The van der Waals surface area contributed by atoms with E-state index in [1.165, 1.54) is 32.1 Å². The fourth-order valence-corrected chi connectivity index (χ4v) is 3.70. The van der Waals surface area contributed by atoms with Crippen LogP contribution < -0.4 is 5.32 Å². The summed E-state index contributed by atoms with van der Waals surface area (Å²) in [4.78, 5) is 12.3. The summed E-state index contributed by atoms with van der Waals surface area (Å²) in [6.07, 6.45) is 6.95. The maximum absolute atomic E-state index is 12.3. The van der Waals surface area contributed by atoms with E-state index < -0.39 is 0 Å². The van der Waals surface area contributed by atoms with Crippen LogP contribution in [0.4, 0.5) is 5.69 Å². The number of hydrogen-bond donors (Lipinski definition) is 1. The minimum atomic E-state index is 0.148. The van der Waals surface area contributed by atoms with Crippen molar-refractivity contribution in [2.75, 3.05) is 5.32 Å². The molecule has 2 aromatic rings. The first-order valence-corrected chi connectivity index (χ1v) is 8.50. The van der Waals surface area contributed by atoms with Crippen LogP contribution in [0, 0.1) is 5.92 Å². The molecule has 3 heteroatoms. The highest BCUT2D eigenvalue weighted by atomic mass is 79.9. The third-order valence-corrected chi connectivity index (χ3v) is 5.04. The first kappa shape index (κ1) is 14.6. The molecule has 1 aliphatic carbocycles. The normalized spacial score (nSPS) is 16.0. The first-order valence-electron chi connectivity index (χ1n) is 7.71. The highest BCUT2D eigenvalue weighted by Crippen LogP contribution is 2.31. The molecule has 0 radical (unpaired) electrons. The number of rotatable bonds is 3. The van der Waals surface area contributed by atoms with Crippen LogP contribution in [0.1, 0.15) is 38.5 Å². The number of benzene rings is 2. The lowest BCUT2D eigenvalue weighted by molar-refractivity contribution is -0.117. The summed E-state index contributed by atoms with van der Waals surface area (Å²) in [7, 11) is 0. The van der Waals surface area contributed by atoms with Crippen molar-refractivity contribution in [3.05, 3.63) is 40.9 Å². The number of halogens is 1. The lowest BCUT2D eigenvalue weighted by Crippen LogP contribution is -2.18. The zero-order valence-electron chi connectivity index (χ0n) is 12.1. The highest BCUT2D eigenvalue weighted by Gasteiger charge is 2.17. The van der Waals surface area contributed by atoms with E-state index in [0.29, 0.717) is 12.3 Å². The summed E-state index contributed by atoms with van der Waals surface area (Å²) in [6, 6.07) is 12.1. The fraction of sp³-hybridized carbons (Fsp3) is 0.389. The largest absolute Gasteiger partial charge is 0.326 e. The molecule has 1 amide bonds. The van der Waals surface area contributed by atoms with Crippen molar-refractivity contribution in [2.45, 2.75) is 38.5 Å². The Labute approximate surface area is 134 Å². The van der Waals surface area contributed by atoms with Crippen LogP contribution in [0.25, 0.3) is 10.8 Å². The second-order valence-corrected chi connectivity index (χ2v) is 6.75. The summed E-state index contributed by atoms with van der Waals surface area (Å²) < 4.78 is 1.06. The molecule has 0 saturated heterocycles. The lowest BCUT2D eigenvalue weighted by atomic mass is 9.87. The molecule has 0 unspecified atom stereocenters. The third-order valence-electron chi connectivity index (χ3n) is 4.34. The molecule has 0 spiro atoms. The van der Waals surface area contributed by atoms with Crippen molar-refractivity contribution in [3.8, 4) is 0 Å². The van der Waals surface area contributed by atoms with Gasteiger partial charge in [-0.3, -0.25) is 4.79 Å². The Morgan fingerprint density at radius 2 is 1.76 bits per heavy atom. The third kappa shape index (κ3) is 3.46. The van der Waals surface area contributed by atoms with Gasteiger partial charge in [0.15, 0.2) is 0 Å². The molecule has 0 bridgehead atoms. The molecule has 0 aliphatic heterocycles. The topological polar surface area (TPSA) is 29.1 Å². The molecular weight excluding hydrogens is 326 g/mol. The fourth-order valence-electron chi connectivity index (χ4n) is 3.23. The Morgan fingerprint density at radius 3 is 2.52 bits per heavy atom. The summed E-state index contributed by atoms with van der Waals surface area (Å²) in [5.74, 6) is 0.717. The molecule has 21 heavy (non-hydrogen) atoms. The van der Waals surface area contributed by atoms with Crippen LogP contribution in [-0.4, -0.2) is 5.91 Å². The molecule has 2 aromatic carbocycles. The standard InChI is InChI=1S/C18H20BrNO/c19-16-10-11-17(15-9-5-4-8-14(15)16)20-18(21)12-13-6-2-1-3-7-13/h4-5,8-11,13H,1-3,6-7,12H2,(H,20,21). The zero-order chi connectivity index (χ0) is 14.7. The van der Waals surface area contributed by atoms with Gasteiger partial charge in [-0.05, 0) is 36.3 Å². The van der Waals surface area contributed by atoms with E-state index in [-0.39, 0.29) is 5.91 Å². The monoisotopic (exact) mass is 345 g/mol. The van der Waals surface area contributed by atoms with Gasteiger partial charge in [0.05, 0.1) is 0 Å². The van der Waals surface area contributed by atoms with Crippen LogP contribution in [0.3, 0.4) is 0 Å². The van der Waals surface area contributed by atoms with E-state index in [0.717, 1.165) is 20.9 Å². The lowest BCUT2D eigenvalue weighted by Gasteiger charge is -2.21. The second kappa shape index (κ2) is 6.61. The molecule has 1 N–H and O–H groups in total. The molecule has 2 nitrogen and oxygen atoms in total. The Hall–Kier alpha value is -1.35. The number of amides is 1. The molecule has 110 valence electrons. The molecule has 1 fully saturated rings. The Bertz CT molecular complexity index is 647. The minimum Gasteiger partial charge on any atom is -0.326 e. The number of fused-ring (bicyclic) bond motifs is 1. The van der Waals surface area contributed by atoms with Crippen LogP contribution >= 0.6 is 15.9 Å².